The van der Waals surface area contributed by atoms with Gasteiger partial charge in [-0.1, -0.05) is 0 Å². The molecule has 1 N–H and O–H groups in total. The monoisotopic (exact) mass is 298 g/mol. The number of aryl methyl sites for hydroxylation is 1. The smallest absolute Gasteiger partial charge is 0.347 e. The summed E-state index contributed by atoms with van der Waals surface area (Å²) in [4.78, 5) is 24.0. The molecule has 110 valence electrons. The number of phenolic OH excluding ortho intramolecular Hbond substituents is 1. The molecule has 0 fully saturated rings. The van der Waals surface area contributed by atoms with Gasteiger partial charge in [0.1, 0.15) is 22.6 Å². The Hall–Kier alpha value is -2.76. The lowest BCUT2D eigenvalue weighted by molar-refractivity contribution is -0.00484. The molecule has 0 spiro atoms. The number of ketones is 1. The second-order valence-corrected chi connectivity index (χ2v) is 5.65. The minimum atomic E-state index is -0.649. The minimum absolute atomic E-state index is 0.0487. The first kappa shape index (κ1) is 11.9. The largest absolute Gasteiger partial charge is 0.507 e. The molecule has 2 atom stereocenters. The molecule has 1 aromatic carbocycles. The SMILES string of the molecule is O=C1CCc2c1c(=O)oc1c3c(cc(O)c21)O[C@@H]1OC=C[C@H]31. The van der Waals surface area contributed by atoms with E-state index in [4.69, 9.17) is 13.9 Å². The fourth-order valence-corrected chi connectivity index (χ4v) is 3.58. The average molecular weight is 298 g/mol. The van der Waals surface area contributed by atoms with Gasteiger partial charge in [0.2, 0.25) is 0 Å². The van der Waals surface area contributed by atoms with E-state index < -0.39 is 11.9 Å². The van der Waals surface area contributed by atoms with Gasteiger partial charge in [-0.3, -0.25) is 4.79 Å². The van der Waals surface area contributed by atoms with Crippen LogP contribution in [0.4, 0.5) is 0 Å². The summed E-state index contributed by atoms with van der Waals surface area (Å²) in [5.74, 6) is -0.0237. The molecular formula is C16H10O6. The lowest BCUT2D eigenvalue weighted by atomic mass is 9.95. The van der Waals surface area contributed by atoms with E-state index in [0.29, 0.717) is 28.7 Å². The molecule has 0 amide bonds. The maximum absolute atomic E-state index is 12.2. The van der Waals surface area contributed by atoms with E-state index in [0.717, 1.165) is 0 Å². The molecule has 0 saturated carbocycles. The number of benzene rings is 1. The second kappa shape index (κ2) is 3.71. The van der Waals surface area contributed by atoms with Gasteiger partial charge in [-0.25, -0.2) is 4.79 Å². The van der Waals surface area contributed by atoms with Gasteiger partial charge >= 0.3 is 5.63 Å². The number of ether oxygens (including phenoxy) is 2. The van der Waals surface area contributed by atoms with Gasteiger partial charge in [0.05, 0.1) is 23.1 Å². The first-order valence-corrected chi connectivity index (χ1v) is 7.02. The molecule has 22 heavy (non-hydrogen) atoms. The molecule has 2 aromatic rings. The van der Waals surface area contributed by atoms with Crippen LogP contribution in [0.25, 0.3) is 11.0 Å². The average Bonchev–Trinajstić information content (AvgIpc) is 3.13. The Bertz CT molecular complexity index is 951. The van der Waals surface area contributed by atoms with Crippen molar-refractivity contribution in [3.63, 3.8) is 0 Å². The molecule has 1 aliphatic carbocycles. The van der Waals surface area contributed by atoms with Gasteiger partial charge in [0.25, 0.3) is 6.29 Å². The summed E-state index contributed by atoms with van der Waals surface area (Å²) in [7, 11) is 0. The molecule has 0 bridgehead atoms. The molecule has 2 aliphatic heterocycles. The van der Waals surface area contributed by atoms with Crippen molar-refractivity contribution in [3.05, 3.63) is 45.5 Å². The number of Topliss-reactive ketones (excluding diaryl/α,β-unsaturated/α-hetero) is 1. The first-order valence-electron chi connectivity index (χ1n) is 7.02. The van der Waals surface area contributed by atoms with Crippen molar-refractivity contribution in [1.82, 2.24) is 0 Å². The Morgan fingerprint density at radius 3 is 2.95 bits per heavy atom. The van der Waals surface area contributed by atoms with E-state index in [-0.39, 0.29) is 35.0 Å². The van der Waals surface area contributed by atoms with Gasteiger partial charge in [-0.05, 0) is 18.1 Å². The number of hydrogen-bond acceptors (Lipinski definition) is 6. The summed E-state index contributed by atoms with van der Waals surface area (Å²) in [6, 6.07) is 1.50. The fraction of sp³-hybridized carbons (Fsp3) is 0.250. The Balaban J connectivity index is 1.94. The lowest BCUT2D eigenvalue weighted by Crippen LogP contribution is -2.14. The fourth-order valence-electron chi connectivity index (χ4n) is 3.58. The van der Waals surface area contributed by atoms with Crippen LogP contribution < -0.4 is 10.4 Å². The van der Waals surface area contributed by atoms with Crippen molar-refractivity contribution in [2.45, 2.75) is 25.0 Å². The van der Waals surface area contributed by atoms with Crippen LogP contribution >= 0.6 is 0 Å². The predicted octanol–water partition coefficient (Wildman–Crippen LogP) is 1.97. The Morgan fingerprint density at radius 2 is 2.09 bits per heavy atom. The number of rotatable bonds is 0. The molecule has 3 aliphatic rings. The number of fused-ring (bicyclic) bond motifs is 7. The van der Waals surface area contributed by atoms with Crippen LogP contribution in [-0.2, 0) is 11.2 Å². The minimum Gasteiger partial charge on any atom is -0.507 e. The summed E-state index contributed by atoms with van der Waals surface area (Å²) in [5.41, 5.74) is 0.963. The maximum atomic E-state index is 12.2. The van der Waals surface area contributed by atoms with Crippen molar-refractivity contribution < 1.29 is 23.8 Å². The van der Waals surface area contributed by atoms with Gasteiger partial charge in [0, 0.05) is 12.5 Å². The summed E-state index contributed by atoms with van der Waals surface area (Å²) >= 11 is 0. The van der Waals surface area contributed by atoms with Gasteiger partial charge in [0.15, 0.2) is 5.78 Å². The van der Waals surface area contributed by atoms with Crippen LogP contribution in [-0.4, -0.2) is 17.2 Å². The van der Waals surface area contributed by atoms with Crippen molar-refractivity contribution in [2.75, 3.05) is 0 Å². The molecular weight excluding hydrogens is 288 g/mol. The normalized spacial score (nSPS) is 24.1. The van der Waals surface area contributed by atoms with Crippen molar-refractivity contribution in [2.24, 2.45) is 0 Å². The van der Waals surface area contributed by atoms with Crippen molar-refractivity contribution in [1.29, 1.82) is 0 Å². The van der Waals surface area contributed by atoms with E-state index in [9.17, 15) is 14.7 Å². The Labute approximate surface area is 123 Å². The maximum Gasteiger partial charge on any atom is 0.347 e. The summed E-state index contributed by atoms with van der Waals surface area (Å²) < 4.78 is 16.4. The highest BCUT2D eigenvalue weighted by molar-refractivity contribution is 6.06. The zero-order valence-electron chi connectivity index (χ0n) is 11.3. The van der Waals surface area contributed by atoms with Crippen LogP contribution in [0.3, 0.4) is 0 Å². The van der Waals surface area contributed by atoms with Crippen LogP contribution in [0, 0.1) is 0 Å². The van der Waals surface area contributed by atoms with Gasteiger partial charge in [-0.2, -0.15) is 0 Å². The van der Waals surface area contributed by atoms with Crippen molar-refractivity contribution >= 4 is 16.8 Å². The third-order valence-electron chi connectivity index (χ3n) is 4.51. The molecule has 6 heteroatoms. The number of hydrogen-bond donors (Lipinski definition) is 1. The standard InChI is InChI=1S/C16H10O6/c17-8-2-1-6-11-9(18)5-10-13(7-3-4-20-16(7)21-10)14(11)22-15(19)12(6)8/h3-5,7,16,18H,1-2H2/t7-,16+/m1/s1. The van der Waals surface area contributed by atoms with E-state index in [2.05, 4.69) is 0 Å². The van der Waals surface area contributed by atoms with Crippen LogP contribution in [0.1, 0.15) is 33.8 Å². The molecule has 0 saturated heterocycles. The van der Waals surface area contributed by atoms with E-state index in [1.165, 1.54) is 6.07 Å². The molecule has 6 nitrogen and oxygen atoms in total. The topological polar surface area (TPSA) is 86.0 Å². The van der Waals surface area contributed by atoms with Crippen LogP contribution in [0.2, 0.25) is 0 Å². The highest BCUT2D eigenvalue weighted by Gasteiger charge is 2.41. The number of aromatic hydroxyl groups is 1. The second-order valence-electron chi connectivity index (χ2n) is 5.65. The van der Waals surface area contributed by atoms with Gasteiger partial charge < -0.3 is 19.0 Å². The van der Waals surface area contributed by atoms with E-state index in [1.807, 2.05) is 6.08 Å². The third-order valence-corrected chi connectivity index (χ3v) is 4.51. The highest BCUT2D eigenvalue weighted by Crippen LogP contribution is 2.49. The van der Waals surface area contributed by atoms with E-state index in [1.54, 1.807) is 6.26 Å². The summed E-state index contributed by atoms with van der Waals surface area (Å²) in [6.07, 6.45) is 3.57. The van der Waals surface area contributed by atoms with Crippen molar-refractivity contribution in [3.8, 4) is 11.5 Å². The Kier molecular flexibility index (Phi) is 2.00. The number of carbonyl (C=O) groups excluding carboxylic acids is 1. The zero-order chi connectivity index (χ0) is 15.0. The molecule has 3 heterocycles. The molecule has 5 rings (SSSR count). The molecule has 1 aromatic heterocycles. The van der Waals surface area contributed by atoms with Crippen LogP contribution in [0.15, 0.2) is 27.6 Å². The van der Waals surface area contributed by atoms with Crippen LogP contribution in [0.5, 0.6) is 11.5 Å². The molecule has 0 unspecified atom stereocenters. The zero-order valence-corrected chi connectivity index (χ0v) is 11.3. The van der Waals surface area contributed by atoms with Gasteiger partial charge in [-0.15, -0.1) is 0 Å². The quantitative estimate of drug-likeness (QED) is 0.748. The number of phenols is 1. The predicted molar refractivity (Wildman–Crippen MR) is 74.2 cm³/mol. The third kappa shape index (κ3) is 1.25. The van der Waals surface area contributed by atoms with E-state index >= 15 is 0 Å². The highest BCUT2D eigenvalue weighted by atomic mass is 16.7. The lowest BCUT2D eigenvalue weighted by Gasteiger charge is -2.10. The molecule has 0 radical (unpaired) electrons. The first-order chi connectivity index (χ1) is 10.6. The summed E-state index contributed by atoms with van der Waals surface area (Å²) in [5, 5.41) is 10.8. The Morgan fingerprint density at radius 1 is 1.23 bits per heavy atom. The number of carbonyl (C=O) groups is 1. The summed E-state index contributed by atoms with van der Waals surface area (Å²) in [6.45, 7) is 0.